The first-order valence-electron chi connectivity index (χ1n) is 13.2. The Morgan fingerprint density at radius 2 is 1.68 bits per heavy atom. The van der Waals surface area contributed by atoms with Crippen LogP contribution in [0.15, 0.2) is 53.1 Å². The Hall–Kier alpha value is -2.50. The highest BCUT2D eigenvalue weighted by molar-refractivity contribution is 5.53. The van der Waals surface area contributed by atoms with Crippen molar-refractivity contribution in [3.63, 3.8) is 0 Å². The summed E-state index contributed by atoms with van der Waals surface area (Å²) in [4.78, 5) is 9.92. The topological polar surface area (TPSA) is 45.4 Å². The van der Waals surface area contributed by atoms with Crippen LogP contribution in [0.2, 0.25) is 0 Å². The molecule has 0 spiro atoms. The second-order valence-corrected chi connectivity index (χ2v) is 10.1. The van der Waals surface area contributed by atoms with Crippen LogP contribution in [0.25, 0.3) is 11.5 Å². The summed E-state index contributed by atoms with van der Waals surface area (Å²) in [6.07, 6.45) is 7.02. The molecule has 2 aliphatic rings. The van der Waals surface area contributed by atoms with Crippen LogP contribution >= 0.6 is 0 Å². The number of nitrogens with zero attached hydrogens (tertiary/aromatic N) is 4. The molecule has 2 aromatic carbocycles. The quantitative estimate of drug-likeness (QED) is 0.431. The molecule has 34 heavy (non-hydrogen) atoms. The van der Waals surface area contributed by atoms with E-state index < -0.39 is 0 Å². The van der Waals surface area contributed by atoms with E-state index in [1.165, 1.54) is 55.5 Å². The Morgan fingerprint density at radius 1 is 0.941 bits per heavy atom. The number of rotatable bonds is 8. The Bertz CT molecular complexity index is 1050. The second kappa shape index (κ2) is 10.8. The first-order chi connectivity index (χ1) is 16.7. The molecule has 0 unspecified atom stereocenters. The van der Waals surface area contributed by atoms with Crippen molar-refractivity contribution in [1.82, 2.24) is 19.9 Å². The number of hydrogen-bond acceptors (Lipinski definition) is 5. The molecule has 1 saturated heterocycles. The lowest BCUT2D eigenvalue weighted by atomic mass is 9.92. The highest BCUT2D eigenvalue weighted by atomic mass is 16.5. The minimum atomic E-state index is 0.642. The van der Waals surface area contributed by atoms with Crippen molar-refractivity contribution in [2.24, 2.45) is 5.92 Å². The van der Waals surface area contributed by atoms with Gasteiger partial charge in [-0.15, -0.1) is 0 Å². The zero-order chi connectivity index (χ0) is 23.3. The number of aromatic nitrogens is 2. The van der Waals surface area contributed by atoms with Gasteiger partial charge in [0.25, 0.3) is 5.89 Å². The maximum atomic E-state index is 5.63. The number of likely N-dealkylation sites (tertiary alicyclic amines) is 1. The molecule has 0 saturated carbocycles. The molecule has 3 heterocycles. The maximum absolute atomic E-state index is 5.63. The monoisotopic (exact) mass is 458 g/mol. The fourth-order valence-electron chi connectivity index (χ4n) is 5.74. The lowest BCUT2D eigenvalue weighted by Crippen LogP contribution is -2.41. The molecule has 2 aliphatic heterocycles. The highest BCUT2D eigenvalue weighted by Gasteiger charge is 2.25. The summed E-state index contributed by atoms with van der Waals surface area (Å²) in [5.74, 6) is 2.16. The molecule has 0 N–H and O–H groups in total. The molecule has 0 bridgehead atoms. The number of hydrogen-bond donors (Lipinski definition) is 0. The Balaban J connectivity index is 1.14. The van der Waals surface area contributed by atoms with Crippen LogP contribution in [0, 0.1) is 5.92 Å². The summed E-state index contributed by atoms with van der Waals surface area (Å²) in [6.45, 7) is 10.1. The van der Waals surface area contributed by atoms with Crippen LogP contribution in [-0.4, -0.2) is 45.6 Å². The van der Waals surface area contributed by atoms with Gasteiger partial charge < -0.3 is 9.42 Å². The number of piperidine rings is 1. The molecule has 180 valence electrons. The summed E-state index contributed by atoms with van der Waals surface area (Å²) in [5, 5.41) is 4.30. The van der Waals surface area contributed by atoms with Gasteiger partial charge in [-0.1, -0.05) is 55.4 Å². The van der Waals surface area contributed by atoms with Gasteiger partial charge in [0.2, 0.25) is 0 Å². The van der Waals surface area contributed by atoms with Gasteiger partial charge in [-0.3, -0.25) is 4.90 Å². The smallest absolute Gasteiger partial charge is 0.257 e. The van der Waals surface area contributed by atoms with E-state index in [4.69, 9.17) is 9.51 Å². The van der Waals surface area contributed by atoms with Crippen LogP contribution in [-0.2, 0) is 25.9 Å². The summed E-state index contributed by atoms with van der Waals surface area (Å²) >= 11 is 0. The lowest BCUT2D eigenvalue weighted by Gasteiger charge is -2.36. The van der Waals surface area contributed by atoms with Crippen LogP contribution in [0.1, 0.15) is 62.0 Å². The molecular weight excluding hydrogens is 420 g/mol. The van der Waals surface area contributed by atoms with E-state index in [2.05, 4.69) is 77.3 Å². The Morgan fingerprint density at radius 3 is 2.41 bits per heavy atom. The van der Waals surface area contributed by atoms with Crippen molar-refractivity contribution in [3.8, 4) is 11.5 Å². The molecule has 1 fully saturated rings. The van der Waals surface area contributed by atoms with Gasteiger partial charge in [-0.05, 0) is 79.9 Å². The molecule has 0 atom stereocenters. The summed E-state index contributed by atoms with van der Waals surface area (Å²) in [7, 11) is 0. The average molecular weight is 459 g/mol. The number of benzene rings is 2. The SMILES string of the molecule is CCC(CC)N1CCC(Cc2noc(-c3ccc(CN4CCc5ccccc5C4)cc3)n2)CC1. The molecular formula is C29H38N4O. The van der Waals surface area contributed by atoms with E-state index in [-0.39, 0.29) is 0 Å². The summed E-state index contributed by atoms with van der Waals surface area (Å²) < 4.78 is 5.63. The van der Waals surface area contributed by atoms with E-state index in [1.54, 1.807) is 0 Å². The van der Waals surface area contributed by atoms with Crippen molar-refractivity contribution in [1.29, 1.82) is 0 Å². The van der Waals surface area contributed by atoms with Crippen LogP contribution < -0.4 is 0 Å². The van der Waals surface area contributed by atoms with Gasteiger partial charge in [-0.25, -0.2) is 0 Å². The predicted molar refractivity (Wildman–Crippen MR) is 136 cm³/mol. The molecule has 0 radical (unpaired) electrons. The van der Waals surface area contributed by atoms with E-state index in [1.807, 2.05) is 0 Å². The predicted octanol–water partition coefficient (Wildman–Crippen LogP) is 5.74. The fraction of sp³-hybridized carbons (Fsp3) is 0.517. The van der Waals surface area contributed by atoms with Gasteiger partial charge in [0.05, 0.1) is 0 Å². The molecule has 0 aliphatic carbocycles. The van der Waals surface area contributed by atoms with Crippen LogP contribution in [0.5, 0.6) is 0 Å². The van der Waals surface area contributed by atoms with Gasteiger partial charge in [0.1, 0.15) is 0 Å². The minimum Gasteiger partial charge on any atom is -0.334 e. The second-order valence-electron chi connectivity index (χ2n) is 10.1. The fourth-order valence-corrected chi connectivity index (χ4v) is 5.74. The van der Waals surface area contributed by atoms with Crippen LogP contribution in [0.3, 0.4) is 0 Å². The third-order valence-electron chi connectivity index (χ3n) is 7.86. The van der Waals surface area contributed by atoms with Gasteiger partial charge in [0, 0.05) is 37.7 Å². The molecule has 5 nitrogen and oxygen atoms in total. The van der Waals surface area contributed by atoms with E-state index in [0.29, 0.717) is 11.8 Å². The van der Waals surface area contributed by atoms with Crippen LogP contribution in [0.4, 0.5) is 0 Å². The minimum absolute atomic E-state index is 0.642. The van der Waals surface area contributed by atoms with E-state index in [0.717, 1.165) is 49.9 Å². The molecule has 1 aromatic heterocycles. The molecule has 5 rings (SSSR count). The molecule has 3 aromatic rings. The van der Waals surface area contributed by atoms with E-state index in [9.17, 15) is 0 Å². The summed E-state index contributed by atoms with van der Waals surface area (Å²) in [5.41, 5.74) is 5.30. The van der Waals surface area contributed by atoms with Gasteiger partial charge >= 0.3 is 0 Å². The van der Waals surface area contributed by atoms with Crippen molar-refractivity contribution in [2.75, 3.05) is 19.6 Å². The Labute approximate surface area is 204 Å². The molecule has 5 heteroatoms. The number of fused-ring (bicyclic) bond motifs is 1. The van der Waals surface area contributed by atoms with E-state index >= 15 is 0 Å². The average Bonchev–Trinajstić information content (AvgIpc) is 3.34. The first kappa shape index (κ1) is 23.3. The first-order valence-corrected chi connectivity index (χ1v) is 13.2. The lowest BCUT2D eigenvalue weighted by molar-refractivity contribution is 0.125. The normalized spacial score (nSPS) is 17.9. The maximum Gasteiger partial charge on any atom is 0.257 e. The highest BCUT2D eigenvalue weighted by Crippen LogP contribution is 2.26. The van der Waals surface area contributed by atoms with Crippen molar-refractivity contribution in [2.45, 2.75) is 71.5 Å². The Kier molecular flexibility index (Phi) is 7.41. The molecule has 0 amide bonds. The zero-order valence-electron chi connectivity index (χ0n) is 20.7. The van der Waals surface area contributed by atoms with Crippen molar-refractivity contribution >= 4 is 0 Å². The third-order valence-corrected chi connectivity index (χ3v) is 7.86. The van der Waals surface area contributed by atoms with Gasteiger partial charge in [-0.2, -0.15) is 4.98 Å². The largest absolute Gasteiger partial charge is 0.334 e. The third kappa shape index (κ3) is 5.42. The summed E-state index contributed by atoms with van der Waals surface area (Å²) in [6, 6.07) is 18.2. The van der Waals surface area contributed by atoms with Crippen molar-refractivity contribution < 1.29 is 4.52 Å². The zero-order valence-corrected chi connectivity index (χ0v) is 20.7. The standard InChI is InChI=1S/C29H38N4O/c1-3-27(4-2)33-17-13-22(14-18-33)19-28-30-29(34-31-28)25-11-9-23(10-12-25)20-32-16-15-24-7-5-6-8-26(24)21-32/h5-12,22,27H,3-4,13-21H2,1-2H3. The van der Waals surface area contributed by atoms with Crippen molar-refractivity contribution in [3.05, 3.63) is 71.0 Å². The van der Waals surface area contributed by atoms with Gasteiger partial charge in [0.15, 0.2) is 5.82 Å².